The molecular formula is C77H66N12O. The van der Waals surface area contributed by atoms with Crippen LogP contribution in [0.1, 0.15) is 11.1 Å². The van der Waals surface area contributed by atoms with Gasteiger partial charge in [-0.05, 0) is 106 Å². The Kier molecular flexibility index (Phi) is 27.7. The molecule has 8 heterocycles. The number of hydrogen-bond acceptors (Lipinski definition) is 11. The summed E-state index contributed by atoms with van der Waals surface area (Å²) in [6, 6.07) is 94.0. The van der Waals surface area contributed by atoms with Gasteiger partial charge >= 0.3 is 0 Å². The summed E-state index contributed by atoms with van der Waals surface area (Å²) in [6.45, 7) is 0. The molecule has 0 radical (unpaired) electrons. The van der Waals surface area contributed by atoms with Crippen molar-refractivity contribution in [1.82, 2.24) is 60.0 Å². The van der Waals surface area contributed by atoms with Crippen LogP contribution >= 0.6 is 0 Å². The number of hydrogen-bond donors (Lipinski definition) is 2. The summed E-state index contributed by atoms with van der Waals surface area (Å²) in [5, 5.41) is 14.7. The van der Waals surface area contributed by atoms with E-state index in [4.69, 9.17) is 4.42 Å². The highest BCUT2D eigenvalue weighted by Gasteiger charge is 2.16. The van der Waals surface area contributed by atoms with Crippen LogP contribution in [0.3, 0.4) is 0 Å². The van der Waals surface area contributed by atoms with E-state index in [1.165, 1.54) is 90.9 Å². The molecule has 13 heteroatoms. The molecule has 1 aliphatic carbocycles. The zero-order valence-electron chi connectivity index (χ0n) is 49.4. The van der Waals surface area contributed by atoms with Gasteiger partial charge in [-0.2, -0.15) is 10.2 Å². The molecule has 8 aromatic heterocycles. The Morgan fingerprint density at radius 1 is 0.256 bits per heavy atom. The first-order valence-corrected chi connectivity index (χ1v) is 28.8. The second kappa shape index (κ2) is 39.2. The molecule has 440 valence electrons. The average Bonchev–Trinajstić information content (AvgIpc) is 2.12. The Balaban J connectivity index is 0.000000130. The molecule has 9 aromatic carbocycles. The van der Waals surface area contributed by atoms with Crippen molar-refractivity contribution >= 4 is 54.5 Å². The minimum atomic E-state index is 0.962. The van der Waals surface area contributed by atoms with Crippen LogP contribution in [-0.4, -0.2) is 60.0 Å². The molecule has 0 bridgehead atoms. The summed E-state index contributed by atoms with van der Waals surface area (Å²) in [5.41, 5.74) is 10.1. The molecule has 0 unspecified atom stereocenters. The maximum Gasteiger partial charge on any atom is 0.135 e. The molecule has 0 fully saturated rings. The maximum absolute atomic E-state index is 5.65. The molecule has 17 aromatic rings. The number of pyridine rings is 1. The van der Waals surface area contributed by atoms with E-state index in [0.29, 0.717) is 0 Å². The van der Waals surface area contributed by atoms with Gasteiger partial charge in [0, 0.05) is 107 Å². The summed E-state index contributed by atoms with van der Waals surface area (Å²) in [6.07, 6.45) is 27.4. The van der Waals surface area contributed by atoms with Crippen LogP contribution in [0, 0.1) is 0 Å². The average molecular weight is 1180 g/mol. The molecule has 0 amide bonds. The van der Waals surface area contributed by atoms with Crippen LogP contribution < -0.4 is 0 Å². The van der Waals surface area contributed by atoms with Crippen LogP contribution in [0.15, 0.2) is 383 Å². The fraction of sp³-hybridized carbons (Fsp3) is 0.0130. The smallest absolute Gasteiger partial charge is 0.135 e. The van der Waals surface area contributed by atoms with E-state index in [1.54, 1.807) is 68.0 Å². The van der Waals surface area contributed by atoms with Crippen LogP contribution in [0.4, 0.5) is 0 Å². The largest absolute Gasteiger partial charge is 0.456 e. The first kappa shape index (κ1) is 63.5. The van der Waals surface area contributed by atoms with Crippen molar-refractivity contribution in [3.63, 3.8) is 0 Å². The minimum absolute atomic E-state index is 0.962. The number of H-pyrrole nitrogens is 2. The van der Waals surface area contributed by atoms with E-state index >= 15 is 0 Å². The van der Waals surface area contributed by atoms with Crippen molar-refractivity contribution in [2.45, 2.75) is 6.42 Å². The number of furan rings is 1. The number of para-hydroxylation sites is 4. The van der Waals surface area contributed by atoms with Gasteiger partial charge in [-0.1, -0.05) is 212 Å². The van der Waals surface area contributed by atoms with Crippen molar-refractivity contribution < 1.29 is 4.42 Å². The number of nitrogens with zero attached hydrogens (tertiary/aromatic N) is 10. The predicted octanol–water partition coefficient (Wildman–Crippen LogP) is 18.1. The highest BCUT2D eigenvalue weighted by atomic mass is 16.3. The molecular weight excluding hydrogens is 1110 g/mol. The van der Waals surface area contributed by atoms with E-state index in [1.807, 2.05) is 128 Å². The van der Waals surface area contributed by atoms with Gasteiger partial charge in [0.2, 0.25) is 0 Å². The van der Waals surface area contributed by atoms with Crippen molar-refractivity contribution in [2.24, 2.45) is 0 Å². The summed E-state index contributed by atoms with van der Waals surface area (Å²) >= 11 is 0. The van der Waals surface area contributed by atoms with Crippen LogP contribution in [-0.2, 0) is 6.42 Å². The zero-order chi connectivity index (χ0) is 61.8. The van der Waals surface area contributed by atoms with Gasteiger partial charge in [0.25, 0.3) is 0 Å². The van der Waals surface area contributed by atoms with Gasteiger partial charge < -0.3 is 14.4 Å². The fourth-order valence-corrected chi connectivity index (χ4v) is 8.63. The van der Waals surface area contributed by atoms with E-state index in [-0.39, 0.29) is 0 Å². The van der Waals surface area contributed by atoms with Crippen LogP contribution in [0.2, 0.25) is 0 Å². The Bertz CT molecular complexity index is 3790. The number of benzene rings is 9. The van der Waals surface area contributed by atoms with Crippen molar-refractivity contribution in [1.29, 1.82) is 0 Å². The van der Waals surface area contributed by atoms with Gasteiger partial charge in [0.15, 0.2) is 0 Å². The predicted molar refractivity (Wildman–Crippen MR) is 366 cm³/mol. The topological polar surface area (TPSA) is 174 Å². The van der Waals surface area contributed by atoms with Gasteiger partial charge in [-0.25, -0.2) is 24.9 Å². The number of nitrogens with one attached hydrogen (secondary N) is 2. The Hall–Kier alpha value is -12.5. The molecule has 13 nitrogen and oxygen atoms in total. The lowest BCUT2D eigenvalue weighted by molar-refractivity contribution is 0.669. The lowest BCUT2D eigenvalue weighted by Gasteiger charge is -1.98. The molecule has 0 saturated carbocycles. The summed E-state index contributed by atoms with van der Waals surface area (Å²) in [4.78, 5) is 35.5. The normalized spacial score (nSPS) is 9.73. The number of aromatic nitrogens is 12. The molecule has 0 saturated heterocycles. The third-order valence-corrected chi connectivity index (χ3v) is 12.6. The monoisotopic (exact) mass is 1170 g/mol. The van der Waals surface area contributed by atoms with Gasteiger partial charge in [0.1, 0.15) is 36.5 Å². The lowest BCUT2D eigenvalue weighted by Crippen LogP contribution is -1.77. The second-order valence-electron chi connectivity index (χ2n) is 18.7. The van der Waals surface area contributed by atoms with Crippen LogP contribution in [0.25, 0.3) is 65.6 Å². The van der Waals surface area contributed by atoms with E-state index < -0.39 is 0 Å². The molecule has 18 rings (SSSR count). The first-order chi connectivity index (χ1) is 44.8. The highest BCUT2D eigenvalue weighted by molar-refractivity contribution is 6.07. The molecule has 2 N–H and O–H groups in total. The van der Waals surface area contributed by atoms with Crippen molar-refractivity contribution in [2.75, 3.05) is 0 Å². The standard InChI is InChI=1S/C13H10.C12H9N.C12H8O.C10H8.C6H6.C5H5N.3C4H4N2.C4H5N.C3H3N3/c1-3-7-12-10(5-1)9-11-6-2-4-8-13(11)12;2*1-3-7-11-9(5-1)10-6-2-4-8-12(10)13-11;1-2-6-10-8-4-3-7-9(10)5-1;2*1-2-4-6-5-3-1;1-2-6-4-3-5-1;1-2-5-4-6-3-1;1-2-4-6-5-3-1;1-2-4-5-3-1;1-4-2-6-3-5-1/h1-8H,9H2;1-8,13H;1-8H;1-8H;1-6H;1-5H;3*1-4H;1-5H;1-3H. The second-order valence-corrected chi connectivity index (χ2v) is 18.7. The number of rotatable bonds is 0. The quantitative estimate of drug-likeness (QED) is 0.148. The van der Waals surface area contributed by atoms with Gasteiger partial charge in [0.05, 0.1) is 0 Å². The maximum atomic E-state index is 5.65. The van der Waals surface area contributed by atoms with E-state index in [9.17, 15) is 0 Å². The third kappa shape index (κ3) is 22.5. The minimum Gasteiger partial charge on any atom is -0.456 e. The fourth-order valence-electron chi connectivity index (χ4n) is 8.63. The third-order valence-electron chi connectivity index (χ3n) is 12.6. The molecule has 0 aliphatic heterocycles. The Labute approximate surface area is 523 Å². The first-order valence-electron chi connectivity index (χ1n) is 28.8. The lowest BCUT2D eigenvalue weighted by atomic mass is 10.1. The summed E-state index contributed by atoms with van der Waals surface area (Å²) in [5.74, 6) is 0. The zero-order valence-corrected chi connectivity index (χ0v) is 49.4. The molecule has 90 heavy (non-hydrogen) atoms. The van der Waals surface area contributed by atoms with E-state index in [0.717, 1.165) is 17.6 Å². The highest BCUT2D eigenvalue weighted by Crippen LogP contribution is 2.35. The van der Waals surface area contributed by atoms with Gasteiger partial charge in [-0.3, -0.25) is 15.0 Å². The number of aromatic amines is 2. The summed E-state index contributed by atoms with van der Waals surface area (Å²) in [7, 11) is 0. The molecule has 1 aliphatic rings. The Morgan fingerprint density at radius 2 is 0.600 bits per heavy atom. The van der Waals surface area contributed by atoms with Crippen molar-refractivity contribution in [3.8, 4) is 11.1 Å². The SMILES string of the molecule is c1cc[nH]c1.c1ccc2c(c1)Cc1ccccc1-2.c1ccc2c(c1)[nH]c1ccccc12.c1ccc2c(c1)oc1ccccc12.c1ccc2ccccc2c1.c1ccccc1.c1ccncc1.c1ccnnc1.c1cnccn1.c1cncnc1.c1ncncn1. The van der Waals surface area contributed by atoms with Gasteiger partial charge in [-0.15, -0.1) is 0 Å². The van der Waals surface area contributed by atoms with Crippen molar-refractivity contribution in [3.05, 3.63) is 390 Å². The van der Waals surface area contributed by atoms with E-state index in [2.05, 4.69) is 218 Å². The Morgan fingerprint density at radius 3 is 0.933 bits per heavy atom. The number of fused-ring (bicyclic) bond motifs is 10. The summed E-state index contributed by atoms with van der Waals surface area (Å²) < 4.78 is 5.65. The molecule has 0 atom stereocenters. The van der Waals surface area contributed by atoms with Crippen LogP contribution in [0.5, 0.6) is 0 Å². The molecule has 0 spiro atoms.